The Morgan fingerprint density at radius 2 is 2.33 bits per heavy atom. The Balaban J connectivity index is 2.04. The Morgan fingerprint density at radius 1 is 1.57 bits per heavy atom. The van der Waals surface area contributed by atoms with Gasteiger partial charge in [-0.1, -0.05) is 11.6 Å². The van der Waals surface area contributed by atoms with Crippen molar-refractivity contribution in [3.63, 3.8) is 0 Å². The molecule has 1 aliphatic heterocycles. The second kappa shape index (κ2) is 6.98. The number of carbonyl (C=O) groups is 1. The lowest BCUT2D eigenvalue weighted by molar-refractivity contribution is 0.0135. The van der Waals surface area contributed by atoms with Gasteiger partial charge < -0.3 is 25.6 Å². The van der Waals surface area contributed by atoms with Gasteiger partial charge in [0.2, 0.25) is 0 Å². The van der Waals surface area contributed by atoms with Crippen molar-refractivity contribution in [3.05, 3.63) is 22.7 Å². The van der Waals surface area contributed by atoms with Crippen LogP contribution in [0, 0.1) is 5.92 Å². The van der Waals surface area contributed by atoms with Crippen LogP contribution in [0.5, 0.6) is 5.75 Å². The number of methoxy groups -OCH3 is 1. The maximum Gasteiger partial charge on any atom is 0.341 e. The van der Waals surface area contributed by atoms with Gasteiger partial charge in [0.15, 0.2) is 0 Å². The molecule has 1 heterocycles. The summed E-state index contributed by atoms with van der Waals surface area (Å²) in [6, 6.07) is 2.91. The van der Waals surface area contributed by atoms with Crippen molar-refractivity contribution >= 4 is 23.3 Å². The first kappa shape index (κ1) is 15.9. The third kappa shape index (κ3) is 3.78. The van der Waals surface area contributed by atoms with Crippen LogP contribution in [0.1, 0.15) is 16.8 Å². The van der Waals surface area contributed by atoms with Crippen LogP contribution < -0.4 is 15.8 Å². The van der Waals surface area contributed by atoms with Gasteiger partial charge in [-0.3, -0.25) is 0 Å². The van der Waals surface area contributed by atoms with E-state index in [1.807, 2.05) is 0 Å². The van der Waals surface area contributed by atoms with Crippen molar-refractivity contribution in [3.8, 4) is 5.75 Å². The number of carbonyl (C=O) groups excluding carboxylic acids is 1. The molecule has 2 atom stereocenters. The minimum atomic E-state index is -0.542. The third-order valence-electron chi connectivity index (χ3n) is 3.56. The molecule has 7 heteroatoms. The Kier molecular flexibility index (Phi) is 5.27. The summed E-state index contributed by atoms with van der Waals surface area (Å²) < 4.78 is 10.4. The number of esters is 1. The number of nitrogens with one attached hydrogen (secondary N) is 1. The monoisotopic (exact) mass is 314 g/mol. The maximum atomic E-state index is 12.1. The first-order valence-corrected chi connectivity index (χ1v) is 7.09. The van der Waals surface area contributed by atoms with Crippen LogP contribution in [0.2, 0.25) is 5.02 Å². The van der Waals surface area contributed by atoms with Gasteiger partial charge in [-0.15, -0.1) is 0 Å². The zero-order valence-electron chi connectivity index (χ0n) is 11.8. The summed E-state index contributed by atoms with van der Waals surface area (Å²) in [5.74, 6) is -0.294. The molecule has 0 spiro atoms. The lowest BCUT2D eigenvalue weighted by Gasteiger charge is -2.27. The molecule has 1 fully saturated rings. The standard InChI is InChI=1S/C14H19ClN2O4/c1-20-13-5-11(16)10(15)4-9(13)14(19)21-7-8-2-3-17-6-12(8)18/h4-5,8,12,17-18H,2-3,6-7,16H2,1H3/t8-,12-/m0/s1. The van der Waals surface area contributed by atoms with Crippen molar-refractivity contribution in [2.24, 2.45) is 5.92 Å². The number of hydrogen-bond acceptors (Lipinski definition) is 6. The van der Waals surface area contributed by atoms with Gasteiger partial charge in [0.1, 0.15) is 11.3 Å². The summed E-state index contributed by atoms with van der Waals surface area (Å²) in [7, 11) is 1.44. The number of ether oxygens (including phenoxy) is 2. The average molecular weight is 315 g/mol. The average Bonchev–Trinajstić information content (AvgIpc) is 2.48. The Morgan fingerprint density at radius 3 is 3.00 bits per heavy atom. The number of aliphatic hydroxyl groups excluding tert-OH is 1. The van der Waals surface area contributed by atoms with E-state index in [0.717, 1.165) is 13.0 Å². The van der Waals surface area contributed by atoms with Crippen LogP contribution >= 0.6 is 11.6 Å². The van der Waals surface area contributed by atoms with Crippen LogP contribution in [0.3, 0.4) is 0 Å². The highest BCUT2D eigenvalue weighted by Crippen LogP contribution is 2.29. The van der Waals surface area contributed by atoms with Crippen molar-refractivity contribution < 1.29 is 19.4 Å². The van der Waals surface area contributed by atoms with Crippen molar-refractivity contribution in [1.29, 1.82) is 0 Å². The van der Waals surface area contributed by atoms with E-state index in [0.29, 0.717) is 18.0 Å². The largest absolute Gasteiger partial charge is 0.496 e. The second-order valence-electron chi connectivity index (χ2n) is 4.99. The third-order valence-corrected chi connectivity index (χ3v) is 3.88. The van der Waals surface area contributed by atoms with E-state index in [4.69, 9.17) is 26.8 Å². The van der Waals surface area contributed by atoms with E-state index in [1.54, 1.807) is 0 Å². The molecule has 4 N–H and O–H groups in total. The molecule has 1 aromatic carbocycles. The first-order chi connectivity index (χ1) is 10.0. The highest BCUT2D eigenvalue weighted by molar-refractivity contribution is 6.33. The van der Waals surface area contributed by atoms with Crippen LogP contribution in [0.15, 0.2) is 12.1 Å². The van der Waals surface area contributed by atoms with Gasteiger partial charge in [0, 0.05) is 18.5 Å². The molecule has 0 bridgehead atoms. The zero-order valence-corrected chi connectivity index (χ0v) is 12.5. The maximum absolute atomic E-state index is 12.1. The first-order valence-electron chi connectivity index (χ1n) is 6.72. The summed E-state index contributed by atoms with van der Waals surface area (Å²) in [5.41, 5.74) is 6.22. The number of nitrogen functional groups attached to an aromatic ring is 1. The molecule has 6 nitrogen and oxygen atoms in total. The van der Waals surface area contributed by atoms with Crippen LogP contribution in [-0.2, 0) is 4.74 Å². The molecule has 116 valence electrons. The topological polar surface area (TPSA) is 93.8 Å². The summed E-state index contributed by atoms with van der Waals surface area (Å²) in [6.45, 7) is 1.47. The number of benzene rings is 1. The van der Waals surface area contributed by atoms with Gasteiger partial charge >= 0.3 is 5.97 Å². The number of piperidine rings is 1. The molecule has 2 rings (SSSR count). The van der Waals surface area contributed by atoms with Gasteiger partial charge in [0.25, 0.3) is 0 Å². The van der Waals surface area contributed by atoms with Crippen molar-refractivity contribution in [2.75, 3.05) is 32.5 Å². The molecular weight excluding hydrogens is 296 g/mol. The van der Waals surface area contributed by atoms with E-state index in [9.17, 15) is 9.90 Å². The van der Waals surface area contributed by atoms with Crippen LogP contribution in [-0.4, -0.2) is 44.0 Å². The molecule has 0 unspecified atom stereocenters. The normalized spacial score (nSPS) is 21.9. The van der Waals surface area contributed by atoms with E-state index >= 15 is 0 Å². The fourth-order valence-electron chi connectivity index (χ4n) is 2.25. The molecule has 0 saturated carbocycles. The summed E-state index contributed by atoms with van der Waals surface area (Å²) in [6.07, 6.45) is 0.247. The Bertz CT molecular complexity index is 524. The van der Waals surface area contributed by atoms with Crippen molar-refractivity contribution in [2.45, 2.75) is 12.5 Å². The smallest absolute Gasteiger partial charge is 0.341 e. The van der Waals surface area contributed by atoms with E-state index in [-0.39, 0.29) is 23.1 Å². The van der Waals surface area contributed by atoms with E-state index in [2.05, 4.69) is 5.32 Å². The Hall–Kier alpha value is -1.50. The predicted molar refractivity (Wildman–Crippen MR) is 79.7 cm³/mol. The summed E-state index contributed by atoms with van der Waals surface area (Å²) >= 11 is 5.92. The van der Waals surface area contributed by atoms with Crippen LogP contribution in [0.25, 0.3) is 0 Å². The zero-order chi connectivity index (χ0) is 15.4. The lowest BCUT2D eigenvalue weighted by Crippen LogP contribution is -2.42. The minimum Gasteiger partial charge on any atom is -0.496 e. The fraction of sp³-hybridized carbons (Fsp3) is 0.500. The minimum absolute atomic E-state index is 0.0644. The number of anilines is 1. The second-order valence-corrected chi connectivity index (χ2v) is 5.40. The molecule has 0 amide bonds. The molecule has 1 saturated heterocycles. The molecule has 0 aromatic heterocycles. The van der Waals surface area contributed by atoms with Gasteiger partial charge in [-0.2, -0.15) is 0 Å². The SMILES string of the molecule is COc1cc(N)c(Cl)cc1C(=O)OC[C@@H]1CCNC[C@@H]1O. The van der Waals surface area contributed by atoms with Crippen LogP contribution in [0.4, 0.5) is 5.69 Å². The molecule has 0 aliphatic carbocycles. The number of halogens is 1. The molecule has 1 aliphatic rings. The molecule has 21 heavy (non-hydrogen) atoms. The number of β-amino-alcohol motifs (C(OH)–C–C–N with tert-alkyl or cyclic N) is 1. The molecular formula is C14H19ClN2O4. The number of hydrogen-bond donors (Lipinski definition) is 3. The molecule has 1 aromatic rings. The quantitative estimate of drug-likeness (QED) is 0.568. The summed E-state index contributed by atoms with van der Waals surface area (Å²) in [4.78, 5) is 12.1. The van der Waals surface area contributed by atoms with Gasteiger partial charge in [0.05, 0.1) is 30.5 Å². The van der Waals surface area contributed by atoms with Gasteiger partial charge in [-0.25, -0.2) is 4.79 Å². The lowest BCUT2D eigenvalue weighted by atomic mass is 9.96. The van der Waals surface area contributed by atoms with E-state index in [1.165, 1.54) is 19.2 Å². The fourth-order valence-corrected chi connectivity index (χ4v) is 2.41. The highest BCUT2D eigenvalue weighted by atomic mass is 35.5. The highest BCUT2D eigenvalue weighted by Gasteiger charge is 2.25. The number of nitrogens with two attached hydrogens (primary N) is 1. The Labute approximate surface area is 128 Å². The summed E-state index contributed by atoms with van der Waals surface area (Å²) in [5, 5.41) is 13.2. The predicted octanol–water partition coefficient (Wildman–Crippen LogP) is 1.06. The number of rotatable bonds is 4. The van der Waals surface area contributed by atoms with Crippen molar-refractivity contribution in [1.82, 2.24) is 5.32 Å². The number of aliphatic hydroxyl groups is 1. The van der Waals surface area contributed by atoms with E-state index < -0.39 is 12.1 Å². The molecule has 0 radical (unpaired) electrons. The van der Waals surface area contributed by atoms with Gasteiger partial charge in [-0.05, 0) is 19.0 Å².